The van der Waals surface area contributed by atoms with Crippen molar-refractivity contribution in [3.05, 3.63) is 0 Å². The number of fused-ring (bicyclic) bond motifs is 3. The van der Waals surface area contributed by atoms with Crippen LogP contribution in [0.5, 0.6) is 0 Å². The van der Waals surface area contributed by atoms with Crippen LogP contribution in [0.2, 0.25) is 0 Å². The molecule has 0 aromatic heterocycles. The van der Waals surface area contributed by atoms with Gasteiger partial charge in [-0.2, -0.15) is 0 Å². The summed E-state index contributed by atoms with van der Waals surface area (Å²) in [6.45, 7) is 8.98. The van der Waals surface area contributed by atoms with E-state index in [1.807, 2.05) is 0 Å². The molecule has 6 unspecified atom stereocenters. The van der Waals surface area contributed by atoms with Gasteiger partial charge in [0.15, 0.2) is 0 Å². The number of ketones is 1. The number of rotatable bonds is 0. The Morgan fingerprint density at radius 3 is 2.47 bits per heavy atom. The Morgan fingerprint density at radius 1 is 1.24 bits per heavy atom. The lowest BCUT2D eigenvalue weighted by Gasteiger charge is -2.59. The molecule has 2 heteroatoms. The number of carbonyl (C=O) groups excluding carboxylic acids is 1. The third-order valence-electron chi connectivity index (χ3n) is 6.04. The maximum absolute atomic E-state index is 11.9. The van der Waals surface area contributed by atoms with E-state index in [2.05, 4.69) is 27.7 Å². The molecule has 0 heterocycles. The second kappa shape index (κ2) is 3.14. The Bertz CT molecular complexity index is 373. The largest absolute Gasteiger partial charge is 0.393 e. The quantitative estimate of drug-likeness (QED) is 0.702. The van der Waals surface area contributed by atoms with E-state index in [0.29, 0.717) is 23.0 Å². The molecule has 0 aliphatic heterocycles. The minimum Gasteiger partial charge on any atom is -0.393 e. The van der Waals surface area contributed by atoms with Crippen molar-refractivity contribution in [2.75, 3.05) is 0 Å². The van der Waals surface area contributed by atoms with Crippen LogP contribution < -0.4 is 0 Å². The van der Waals surface area contributed by atoms with Gasteiger partial charge in [0.25, 0.3) is 0 Å². The van der Waals surface area contributed by atoms with Gasteiger partial charge in [-0.1, -0.05) is 27.7 Å². The molecule has 0 radical (unpaired) electrons. The van der Waals surface area contributed by atoms with Crippen LogP contribution in [0.4, 0.5) is 0 Å². The normalized spacial score (nSPS) is 56.1. The highest BCUT2D eigenvalue weighted by Gasteiger charge is 2.66. The molecule has 0 aromatic rings. The maximum atomic E-state index is 11.9. The molecular formula is C15H24O2. The van der Waals surface area contributed by atoms with Crippen molar-refractivity contribution in [1.29, 1.82) is 0 Å². The summed E-state index contributed by atoms with van der Waals surface area (Å²) < 4.78 is 0. The predicted molar refractivity (Wildman–Crippen MR) is 66.4 cm³/mol. The molecule has 96 valence electrons. The summed E-state index contributed by atoms with van der Waals surface area (Å²) in [4.78, 5) is 11.9. The van der Waals surface area contributed by atoms with Crippen molar-refractivity contribution in [3.63, 3.8) is 0 Å². The van der Waals surface area contributed by atoms with E-state index in [1.54, 1.807) is 0 Å². The first-order valence-corrected chi connectivity index (χ1v) is 6.97. The molecule has 0 saturated heterocycles. The van der Waals surface area contributed by atoms with Gasteiger partial charge < -0.3 is 5.11 Å². The molecular weight excluding hydrogens is 212 g/mol. The van der Waals surface area contributed by atoms with Crippen LogP contribution in [0.3, 0.4) is 0 Å². The lowest BCUT2D eigenvalue weighted by molar-refractivity contribution is -0.179. The second-order valence-electron chi connectivity index (χ2n) is 7.82. The van der Waals surface area contributed by atoms with Gasteiger partial charge in [-0.3, -0.25) is 4.79 Å². The van der Waals surface area contributed by atoms with Gasteiger partial charge in [0.2, 0.25) is 0 Å². The standard InChI is InChI=1S/C15H24O2/c1-8-12-11(16)7-15(12,4)10-6-14(2,3)5-9(10)13(8)17/h8-10,12-13,17H,5-7H2,1-4H3. The highest BCUT2D eigenvalue weighted by molar-refractivity contribution is 5.89. The van der Waals surface area contributed by atoms with Crippen molar-refractivity contribution in [3.8, 4) is 0 Å². The summed E-state index contributed by atoms with van der Waals surface area (Å²) in [6, 6.07) is 0. The van der Waals surface area contributed by atoms with Gasteiger partial charge in [0, 0.05) is 12.3 Å². The molecule has 3 saturated carbocycles. The Labute approximate surface area is 104 Å². The monoisotopic (exact) mass is 236 g/mol. The minimum absolute atomic E-state index is 0.132. The van der Waals surface area contributed by atoms with Crippen LogP contribution in [0.15, 0.2) is 0 Å². The number of carbonyl (C=O) groups is 1. The molecule has 2 nitrogen and oxygen atoms in total. The van der Waals surface area contributed by atoms with Crippen molar-refractivity contribution >= 4 is 5.78 Å². The first kappa shape index (κ1) is 11.7. The summed E-state index contributed by atoms with van der Waals surface area (Å²) in [5, 5.41) is 10.5. The highest BCUT2D eigenvalue weighted by Crippen LogP contribution is 2.66. The smallest absolute Gasteiger partial charge is 0.137 e. The van der Waals surface area contributed by atoms with E-state index >= 15 is 0 Å². The zero-order chi connectivity index (χ0) is 12.6. The van der Waals surface area contributed by atoms with Gasteiger partial charge in [-0.25, -0.2) is 0 Å². The first-order chi connectivity index (χ1) is 7.76. The summed E-state index contributed by atoms with van der Waals surface area (Å²) in [6.07, 6.45) is 2.80. The summed E-state index contributed by atoms with van der Waals surface area (Å²) >= 11 is 0. The molecule has 3 aliphatic rings. The van der Waals surface area contributed by atoms with Gasteiger partial charge in [0.05, 0.1) is 6.10 Å². The molecule has 3 aliphatic carbocycles. The Hall–Kier alpha value is -0.370. The van der Waals surface area contributed by atoms with Crippen LogP contribution in [0, 0.1) is 34.5 Å². The zero-order valence-corrected chi connectivity index (χ0v) is 11.4. The van der Waals surface area contributed by atoms with Crippen molar-refractivity contribution in [1.82, 2.24) is 0 Å². The van der Waals surface area contributed by atoms with Crippen LogP contribution in [-0.2, 0) is 4.79 Å². The van der Waals surface area contributed by atoms with Gasteiger partial charge in [-0.15, -0.1) is 0 Å². The van der Waals surface area contributed by atoms with Crippen LogP contribution in [-0.4, -0.2) is 17.0 Å². The van der Waals surface area contributed by atoms with E-state index in [-0.39, 0.29) is 23.4 Å². The zero-order valence-electron chi connectivity index (χ0n) is 11.4. The van der Waals surface area contributed by atoms with E-state index < -0.39 is 0 Å². The van der Waals surface area contributed by atoms with E-state index in [0.717, 1.165) is 12.8 Å². The number of aliphatic hydroxyl groups is 1. The minimum atomic E-state index is -0.260. The average Bonchev–Trinajstić information content (AvgIpc) is 2.51. The molecule has 1 N–H and O–H groups in total. The molecule has 0 amide bonds. The van der Waals surface area contributed by atoms with Gasteiger partial charge in [0.1, 0.15) is 5.78 Å². The van der Waals surface area contributed by atoms with Crippen molar-refractivity contribution in [2.45, 2.75) is 53.1 Å². The highest BCUT2D eigenvalue weighted by atomic mass is 16.3. The molecule has 17 heavy (non-hydrogen) atoms. The molecule has 0 aromatic carbocycles. The van der Waals surface area contributed by atoms with E-state index in [9.17, 15) is 9.90 Å². The molecule has 0 bridgehead atoms. The number of hydrogen-bond donors (Lipinski definition) is 1. The summed E-state index contributed by atoms with van der Waals surface area (Å²) in [5.74, 6) is 1.67. The molecule has 3 fully saturated rings. The molecule has 3 rings (SSSR count). The SMILES string of the molecule is CC1C(O)C2CC(C)(C)CC2C2(C)CC(=O)C12. The summed E-state index contributed by atoms with van der Waals surface area (Å²) in [5.41, 5.74) is 0.529. The Kier molecular flexibility index (Phi) is 2.16. The topological polar surface area (TPSA) is 37.3 Å². The van der Waals surface area contributed by atoms with E-state index in [4.69, 9.17) is 0 Å². The lowest BCUT2D eigenvalue weighted by Crippen LogP contribution is -2.62. The number of hydrogen-bond acceptors (Lipinski definition) is 2. The summed E-state index contributed by atoms with van der Waals surface area (Å²) in [7, 11) is 0. The Morgan fingerprint density at radius 2 is 1.88 bits per heavy atom. The fourth-order valence-corrected chi connectivity index (χ4v) is 5.37. The van der Waals surface area contributed by atoms with Gasteiger partial charge >= 0.3 is 0 Å². The van der Waals surface area contributed by atoms with Gasteiger partial charge in [-0.05, 0) is 41.4 Å². The molecule has 0 spiro atoms. The van der Waals surface area contributed by atoms with Crippen LogP contribution in [0.1, 0.15) is 47.0 Å². The third kappa shape index (κ3) is 1.34. The third-order valence-corrected chi connectivity index (χ3v) is 6.04. The van der Waals surface area contributed by atoms with E-state index in [1.165, 1.54) is 6.42 Å². The van der Waals surface area contributed by atoms with Crippen molar-refractivity contribution in [2.24, 2.45) is 34.5 Å². The van der Waals surface area contributed by atoms with Crippen molar-refractivity contribution < 1.29 is 9.90 Å². The maximum Gasteiger partial charge on any atom is 0.137 e. The number of aliphatic hydroxyl groups excluding tert-OH is 1. The lowest BCUT2D eigenvalue weighted by atomic mass is 9.44. The Balaban J connectivity index is 1.98. The molecule has 6 atom stereocenters. The van der Waals surface area contributed by atoms with Crippen LogP contribution >= 0.6 is 0 Å². The first-order valence-electron chi connectivity index (χ1n) is 6.97. The fourth-order valence-electron chi connectivity index (χ4n) is 5.37. The predicted octanol–water partition coefficient (Wildman–Crippen LogP) is 2.64. The second-order valence-corrected chi connectivity index (χ2v) is 7.82. The fraction of sp³-hybridized carbons (Fsp3) is 0.933. The average molecular weight is 236 g/mol. The number of Topliss-reactive ketones (excluding diaryl/α,β-unsaturated/α-hetero) is 1. The van der Waals surface area contributed by atoms with Crippen LogP contribution in [0.25, 0.3) is 0 Å².